The van der Waals surface area contributed by atoms with Crippen LogP contribution in [-0.4, -0.2) is 39.4 Å². The minimum atomic E-state index is -3.29. The van der Waals surface area contributed by atoms with E-state index in [0.29, 0.717) is 17.9 Å². The fraction of sp³-hybridized carbons (Fsp3) is 0.273. The van der Waals surface area contributed by atoms with Gasteiger partial charge in [-0.05, 0) is 25.1 Å². The molecule has 1 aromatic carbocycles. The summed E-state index contributed by atoms with van der Waals surface area (Å²) in [6.45, 7) is 2.82. The van der Waals surface area contributed by atoms with Gasteiger partial charge in [0.1, 0.15) is 11.4 Å². The van der Waals surface area contributed by atoms with Crippen LogP contribution in [0.25, 0.3) is 6.08 Å². The maximum atomic E-state index is 11.8. The van der Waals surface area contributed by atoms with Crippen molar-refractivity contribution in [1.82, 2.24) is 10.6 Å². The Bertz CT molecular complexity index is 1220. The molecule has 0 spiro atoms. The number of benzene rings is 1. The maximum Gasteiger partial charge on any atom is 0.295 e. The predicted molar refractivity (Wildman–Crippen MR) is 123 cm³/mol. The minimum absolute atomic E-state index is 0.0412. The molecule has 1 aromatic heterocycles. The van der Waals surface area contributed by atoms with Crippen molar-refractivity contribution >= 4 is 39.3 Å². The third-order valence-electron chi connectivity index (χ3n) is 5.25. The fourth-order valence-electron chi connectivity index (χ4n) is 3.56. The van der Waals surface area contributed by atoms with E-state index in [-0.39, 0.29) is 16.2 Å². The molecule has 2 aliphatic rings. The summed E-state index contributed by atoms with van der Waals surface area (Å²) < 4.78 is 29.1. The molecule has 168 valence electrons. The van der Waals surface area contributed by atoms with Crippen molar-refractivity contribution < 1.29 is 28.2 Å². The zero-order chi connectivity index (χ0) is 22.9. The Morgan fingerprint density at radius 3 is 2.78 bits per heavy atom. The van der Waals surface area contributed by atoms with E-state index in [1.165, 1.54) is 12.3 Å². The summed E-state index contributed by atoms with van der Waals surface area (Å²) in [6.07, 6.45) is 5.27. The van der Waals surface area contributed by atoms with Crippen molar-refractivity contribution in [2.45, 2.75) is 23.6 Å². The molecular formula is C22H26N4O4S2+2. The normalized spacial score (nSPS) is 18.0. The van der Waals surface area contributed by atoms with Crippen LogP contribution in [0.5, 0.6) is 11.5 Å². The summed E-state index contributed by atoms with van der Waals surface area (Å²) in [4.78, 5) is 15.7. The molecule has 3 heterocycles. The Balaban J connectivity index is 1.50. The van der Waals surface area contributed by atoms with Crippen molar-refractivity contribution in [1.29, 1.82) is 0 Å². The summed E-state index contributed by atoms with van der Waals surface area (Å²) in [5.74, 6) is 1.22. The van der Waals surface area contributed by atoms with Crippen LogP contribution in [-0.2, 0) is 14.6 Å². The number of nitrogens with one attached hydrogen (secondary N) is 3. The fourth-order valence-corrected chi connectivity index (χ4v) is 5.38. The number of aromatic nitrogens is 1. The van der Waals surface area contributed by atoms with E-state index in [0.717, 1.165) is 40.4 Å². The van der Waals surface area contributed by atoms with Gasteiger partial charge in [-0.3, -0.25) is 10.1 Å². The molecule has 0 fully saturated rings. The lowest BCUT2D eigenvalue weighted by atomic mass is 10.2. The number of allylic oxidation sites excluding steroid dienone is 1. The van der Waals surface area contributed by atoms with Gasteiger partial charge in [0, 0.05) is 61.0 Å². The zero-order valence-electron chi connectivity index (χ0n) is 18.1. The van der Waals surface area contributed by atoms with Crippen LogP contribution in [0.1, 0.15) is 18.9 Å². The number of aromatic amines is 1. The average Bonchev–Trinajstić information content (AvgIpc) is 3.18. The number of hydrogen-bond acceptors (Lipinski definition) is 6. The summed E-state index contributed by atoms with van der Waals surface area (Å²) in [5, 5.41) is 8.57. The number of amides is 1. The second-order valence-electron chi connectivity index (χ2n) is 7.75. The van der Waals surface area contributed by atoms with Crippen LogP contribution < -0.4 is 25.7 Å². The van der Waals surface area contributed by atoms with E-state index in [1.54, 1.807) is 24.9 Å². The molecule has 1 atom stereocenters. The first-order chi connectivity index (χ1) is 15.2. The number of fused-ring (bicyclic) bond motifs is 1. The molecule has 0 saturated heterocycles. The first-order valence-electron chi connectivity index (χ1n) is 10.2. The van der Waals surface area contributed by atoms with E-state index in [1.807, 2.05) is 18.2 Å². The molecule has 32 heavy (non-hydrogen) atoms. The highest BCUT2D eigenvalue weighted by Gasteiger charge is 2.29. The van der Waals surface area contributed by atoms with Crippen molar-refractivity contribution in [3.8, 4) is 11.5 Å². The number of nitrogens with two attached hydrogens (primary N) is 1. The topological polar surface area (TPSA) is 115 Å². The monoisotopic (exact) mass is 474 g/mol. The van der Waals surface area contributed by atoms with E-state index in [9.17, 15) is 13.2 Å². The van der Waals surface area contributed by atoms with Gasteiger partial charge in [-0.2, -0.15) is 4.98 Å². The van der Waals surface area contributed by atoms with Gasteiger partial charge >= 0.3 is 0 Å². The summed E-state index contributed by atoms with van der Waals surface area (Å²) >= 11 is 1.73. The molecule has 1 amide bonds. The number of ether oxygens (including phenoxy) is 1. The van der Waals surface area contributed by atoms with E-state index >= 15 is 0 Å². The van der Waals surface area contributed by atoms with Gasteiger partial charge in [0.05, 0.1) is 4.91 Å². The number of rotatable bonds is 6. The minimum Gasteiger partial charge on any atom is -0.451 e. The molecule has 0 saturated carbocycles. The highest BCUT2D eigenvalue weighted by Crippen LogP contribution is 2.37. The molecule has 10 heteroatoms. The number of sulfone groups is 1. The number of thioether (sulfide) groups is 1. The van der Waals surface area contributed by atoms with Crippen molar-refractivity contribution in [3.05, 3.63) is 58.4 Å². The first-order valence-corrected chi connectivity index (χ1v) is 12.9. The Morgan fingerprint density at radius 2 is 2.09 bits per heavy atom. The third kappa shape index (κ3) is 4.98. The van der Waals surface area contributed by atoms with E-state index in [4.69, 9.17) is 4.74 Å². The van der Waals surface area contributed by atoms with Crippen LogP contribution in [0.2, 0.25) is 0 Å². The van der Waals surface area contributed by atoms with Crippen LogP contribution in [0.15, 0.2) is 57.9 Å². The second-order valence-corrected chi connectivity index (χ2v) is 11.0. The number of hydrogen-bond donors (Lipinski definition) is 3. The third-order valence-corrected chi connectivity index (χ3v) is 7.74. The SMILES string of the molecule is CNC(=O)CC1CNC(C)=C(C2=Cc3cc(Oc4ccc(S(C)(=O)=O)[nH+]c4)ccc3[NH2+]2)S1. The number of H-pyrrole nitrogens is 1. The molecule has 5 N–H and O–H groups in total. The van der Waals surface area contributed by atoms with Crippen LogP contribution in [0, 0.1) is 0 Å². The molecule has 0 aliphatic carbocycles. The van der Waals surface area contributed by atoms with E-state index < -0.39 is 9.84 Å². The molecule has 0 radical (unpaired) electrons. The number of carbonyl (C=O) groups is 1. The molecule has 2 aliphatic heterocycles. The van der Waals surface area contributed by atoms with Gasteiger partial charge in [-0.15, -0.1) is 11.8 Å². The Labute approximate surface area is 191 Å². The summed E-state index contributed by atoms with van der Waals surface area (Å²) in [6, 6.07) is 8.96. The van der Waals surface area contributed by atoms with Crippen LogP contribution >= 0.6 is 11.8 Å². The van der Waals surface area contributed by atoms with Crippen LogP contribution in [0.3, 0.4) is 0 Å². The quantitative estimate of drug-likeness (QED) is 0.544. The lowest BCUT2D eigenvalue weighted by Crippen LogP contribution is -2.74. The highest BCUT2D eigenvalue weighted by atomic mass is 32.2. The largest absolute Gasteiger partial charge is 0.451 e. The van der Waals surface area contributed by atoms with Gasteiger partial charge in [-0.25, -0.2) is 8.42 Å². The number of quaternary nitrogens is 1. The number of carbonyl (C=O) groups excluding carboxylic acids is 1. The van der Waals surface area contributed by atoms with Crippen molar-refractivity contribution in [2.24, 2.45) is 0 Å². The smallest absolute Gasteiger partial charge is 0.295 e. The molecule has 4 rings (SSSR count). The molecule has 8 nitrogen and oxygen atoms in total. The standard InChI is InChI=1S/C22H24N4O4S2/c1-13-22(31-17(12-24-13)10-20(27)23-2)19-9-14-8-15(4-6-18(14)26-19)30-16-5-7-21(25-11-16)32(3,28)29/h4-9,11,17,24,26H,10,12H2,1-3H3,(H,23,27)/p+2. The van der Waals surface area contributed by atoms with E-state index in [2.05, 4.69) is 33.9 Å². The zero-order valence-corrected chi connectivity index (χ0v) is 19.7. The Kier molecular flexibility index (Phi) is 6.27. The van der Waals surface area contributed by atoms with Gasteiger partial charge in [0.25, 0.3) is 5.03 Å². The van der Waals surface area contributed by atoms with Crippen molar-refractivity contribution in [2.75, 3.05) is 19.8 Å². The van der Waals surface area contributed by atoms with Gasteiger partial charge in [0.2, 0.25) is 21.9 Å². The lowest BCUT2D eigenvalue weighted by Gasteiger charge is -2.25. The maximum absolute atomic E-state index is 11.8. The Morgan fingerprint density at radius 1 is 1.31 bits per heavy atom. The molecular weight excluding hydrogens is 448 g/mol. The predicted octanol–water partition coefficient (Wildman–Crippen LogP) is 1.32. The molecule has 1 unspecified atom stereocenters. The molecule has 0 bridgehead atoms. The van der Waals surface area contributed by atoms with Crippen LogP contribution in [0.4, 0.5) is 5.69 Å². The van der Waals surface area contributed by atoms with Gasteiger partial charge < -0.3 is 15.4 Å². The van der Waals surface area contributed by atoms with Gasteiger partial charge in [-0.1, -0.05) is 0 Å². The first kappa shape index (κ1) is 22.4. The second kappa shape index (κ2) is 8.97. The Hall–Kier alpha value is -2.82. The van der Waals surface area contributed by atoms with Gasteiger partial charge in [0.15, 0.2) is 11.4 Å². The lowest BCUT2D eigenvalue weighted by molar-refractivity contribution is -0.507. The highest BCUT2D eigenvalue weighted by molar-refractivity contribution is 8.04. The van der Waals surface area contributed by atoms with Crippen molar-refractivity contribution in [3.63, 3.8) is 0 Å². The average molecular weight is 475 g/mol. The molecule has 2 aromatic rings. The number of pyridine rings is 1. The summed E-state index contributed by atoms with van der Waals surface area (Å²) in [5.41, 5.74) is 4.36. The summed E-state index contributed by atoms with van der Waals surface area (Å²) in [7, 11) is -1.63.